The molecule has 0 rings (SSSR count). The van der Waals surface area contributed by atoms with Gasteiger partial charge in [-0.2, -0.15) is 13.2 Å². The smallest absolute Gasteiger partial charge is 0.368 e. The topological polar surface area (TPSA) is 84.2 Å². The Bertz CT molecular complexity index is 263. The molecule has 0 aromatic heterocycles. The molecule has 0 aromatic carbocycles. The summed E-state index contributed by atoms with van der Waals surface area (Å²) >= 11 is 0. The summed E-state index contributed by atoms with van der Waals surface area (Å²) in [5.74, 6) is -0.843. The van der Waals surface area contributed by atoms with Crippen LogP contribution in [0, 0.1) is 0 Å². The Labute approximate surface area is 84.2 Å². The summed E-state index contributed by atoms with van der Waals surface area (Å²) in [7, 11) is 0. The van der Waals surface area contributed by atoms with Crippen LogP contribution in [-0.4, -0.2) is 30.2 Å². The lowest BCUT2D eigenvalue weighted by molar-refractivity contribution is -0.123. The molecule has 3 amide bonds. The maximum atomic E-state index is 11.7. The Kier molecular flexibility index (Phi) is 3.94. The fourth-order valence-electron chi connectivity index (χ4n) is 0.570. The molecule has 0 spiro atoms. The Morgan fingerprint density at radius 3 is 2.07 bits per heavy atom. The molecule has 0 aliphatic heterocycles. The van der Waals surface area contributed by atoms with Crippen molar-refractivity contribution in [3.63, 3.8) is 0 Å². The van der Waals surface area contributed by atoms with Crippen molar-refractivity contribution < 1.29 is 22.8 Å². The first-order valence-electron chi connectivity index (χ1n) is 3.97. The first-order valence-corrected chi connectivity index (χ1v) is 3.97. The van der Waals surface area contributed by atoms with E-state index < -0.39 is 30.2 Å². The van der Waals surface area contributed by atoms with Crippen molar-refractivity contribution in [1.82, 2.24) is 10.6 Å². The minimum atomic E-state index is -4.49. The summed E-state index contributed by atoms with van der Waals surface area (Å²) in [6.45, 7) is 1.10. The number of nitrogens with two attached hydrogens (primary N) is 1. The molecule has 0 aliphatic rings. The lowest BCUT2D eigenvalue weighted by atomic mass is 10.1. The van der Waals surface area contributed by atoms with Crippen molar-refractivity contribution in [2.75, 3.05) is 6.54 Å². The molecule has 0 bridgehead atoms. The average molecular weight is 227 g/mol. The molecule has 0 radical (unpaired) electrons. The molecule has 0 fully saturated rings. The van der Waals surface area contributed by atoms with Gasteiger partial charge in [0.1, 0.15) is 12.1 Å². The number of rotatable bonds is 3. The molecular weight excluding hydrogens is 215 g/mol. The molecule has 0 unspecified atom stereocenters. The lowest BCUT2D eigenvalue weighted by Gasteiger charge is -2.22. The van der Waals surface area contributed by atoms with Gasteiger partial charge in [0.15, 0.2) is 0 Å². The Hall–Kier alpha value is -1.47. The van der Waals surface area contributed by atoms with E-state index in [1.165, 1.54) is 13.8 Å². The molecule has 0 heterocycles. The molecule has 0 atom stereocenters. The summed E-state index contributed by atoms with van der Waals surface area (Å²) in [5.41, 5.74) is 3.50. The quantitative estimate of drug-likeness (QED) is 0.639. The Balaban J connectivity index is 4.11. The van der Waals surface area contributed by atoms with Gasteiger partial charge < -0.3 is 16.4 Å². The lowest BCUT2D eigenvalue weighted by Crippen LogP contribution is -2.56. The third-order valence-electron chi connectivity index (χ3n) is 1.49. The number of halogens is 3. The van der Waals surface area contributed by atoms with Crippen LogP contribution in [0.25, 0.3) is 0 Å². The standard InChI is InChI=1S/C7H12F3N3O2/c1-6(2,4(11)14)13-5(15)12-3-7(8,9)10/h3H2,1-2H3,(H2,11,14)(H2,12,13,15). The minimum Gasteiger partial charge on any atom is -0.368 e. The maximum Gasteiger partial charge on any atom is 0.405 e. The zero-order valence-electron chi connectivity index (χ0n) is 8.23. The van der Waals surface area contributed by atoms with Crippen molar-refractivity contribution in [3.05, 3.63) is 0 Å². The summed E-state index contributed by atoms with van der Waals surface area (Å²) in [6, 6.07) is -1.10. The third-order valence-corrected chi connectivity index (χ3v) is 1.49. The van der Waals surface area contributed by atoms with E-state index in [2.05, 4.69) is 0 Å². The summed E-state index contributed by atoms with van der Waals surface area (Å²) in [4.78, 5) is 21.6. The van der Waals surface area contributed by atoms with Gasteiger partial charge in [0.05, 0.1) is 0 Å². The highest BCUT2D eigenvalue weighted by Crippen LogP contribution is 2.12. The van der Waals surface area contributed by atoms with Gasteiger partial charge in [-0.15, -0.1) is 0 Å². The van der Waals surface area contributed by atoms with E-state index in [4.69, 9.17) is 5.73 Å². The van der Waals surface area contributed by atoms with Crippen LogP contribution in [-0.2, 0) is 4.79 Å². The largest absolute Gasteiger partial charge is 0.405 e. The number of hydrogen-bond acceptors (Lipinski definition) is 2. The van der Waals surface area contributed by atoms with Crippen molar-refractivity contribution in [3.8, 4) is 0 Å². The summed E-state index contributed by atoms with van der Waals surface area (Å²) in [5, 5.41) is 3.55. The van der Waals surface area contributed by atoms with Gasteiger partial charge in [-0.05, 0) is 13.8 Å². The predicted molar refractivity (Wildman–Crippen MR) is 45.9 cm³/mol. The highest BCUT2D eigenvalue weighted by atomic mass is 19.4. The van der Waals surface area contributed by atoms with Crippen LogP contribution in [0.1, 0.15) is 13.8 Å². The number of urea groups is 1. The highest BCUT2D eigenvalue weighted by Gasteiger charge is 2.30. The van der Waals surface area contributed by atoms with Gasteiger partial charge in [-0.3, -0.25) is 4.79 Å². The van der Waals surface area contributed by atoms with E-state index in [1.807, 2.05) is 5.32 Å². The number of hydrogen-bond donors (Lipinski definition) is 3. The second-order valence-electron chi connectivity index (χ2n) is 3.41. The van der Waals surface area contributed by atoms with E-state index in [0.717, 1.165) is 0 Å². The number of amides is 3. The van der Waals surface area contributed by atoms with E-state index in [9.17, 15) is 22.8 Å². The van der Waals surface area contributed by atoms with Crippen molar-refractivity contribution >= 4 is 11.9 Å². The Morgan fingerprint density at radius 1 is 1.27 bits per heavy atom. The normalized spacial score (nSPS) is 12.1. The molecule has 4 N–H and O–H groups in total. The number of alkyl halides is 3. The maximum absolute atomic E-state index is 11.7. The molecule has 0 saturated heterocycles. The fourth-order valence-corrected chi connectivity index (χ4v) is 0.570. The number of primary amides is 1. The fraction of sp³-hybridized carbons (Fsp3) is 0.714. The average Bonchev–Trinajstić information content (AvgIpc) is 1.98. The van der Waals surface area contributed by atoms with Crippen LogP contribution >= 0.6 is 0 Å². The first kappa shape index (κ1) is 13.5. The molecule has 8 heteroatoms. The monoisotopic (exact) mass is 227 g/mol. The summed E-state index contributed by atoms with van der Waals surface area (Å²) in [6.07, 6.45) is -4.49. The predicted octanol–water partition coefficient (Wildman–Crippen LogP) is 0.112. The molecule has 5 nitrogen and oxygen atoms in total. The molecule has 0 aliphatic carbocycles. The van der Waals surface area contributed by atoms with E-state index in [1.54, 1.807) is 5.32 Å². The van der Waals surface area contributed by atoms with Crippen LogP contribution in [0.4, 0.5) is 18.0 Å². The minimum absolute atomic E-state index is 0.843. The number of carbonyl (C=O) groups excluding carboxylic acids is 2. The van der Waals surface area contributed by atoms with Gasteiger partial charge in [0.25, 0.3) is 0 Å². The van der Waals surface area contributed by atoms with Crippen LogP contribution in [0.3, 0.4) is 0 Å². The van der Waals surface area contributed by atoms with Crippen LogP contribution in [0.2, 0.25) is 0 Å². The Morgan fingerprint density at radius 2 is 1.73 bits per heavy atom. The van der Waals surface area contributed by atoms with E-state index in [0.29, 0.717) is 0 Å². The van der Waals surface area contributed by atoms with E-state index in [-0.39, 0.29) is 0 Å². The van der Waals surface area contributed by atoms with Gasteiger partial charge in [0, 0.05) is 0 Å². The van der Waals surface area contributed by atoms with Crippen LogP contribution < -0.4 is 16.4 Å². The van der Waals surface area contributed by atoms with Crippen molar-refractivity contribution in [2.45, 2.75) is 25.6 Å². The van der Waals surface area contributed by atoms with Gasteiger partial charge in [0.2, 0.25) is 5.91 Å². The van der Waals surface area contributed by atoms with Crippen LogP contribution in [0.15, 0.2) is 0 Å². The van der Waals surface area contributed by atoms with E-state index >= 15 is 0 Å². The highest BCUT2D eigenvalue weighted by molar-refractivity contribution is 5.89. The molecular formula is C7H12F3N3O2. The van der Waals surface area contributed by atoms with Gasteiger partial charge in [-0.25, -0.2) is 4.79 Å². The first-order chi connectivity index (χ1) is 6.54. The number of nitrogens with one attached hydrogen (secondary N) is 2. The second-order valence-corrected chi connectivity index (χ2v) is 3.41. The van der Waals surface area contributed by atoms with Gasteiger partial charge >= 0.3 is 12.2 Å². The summed E-state index contributed by atoms with van der Waals surface area (Å²) < 4.78 is 35.0. The zero-order valence-corrected chi connectivity index (χ0v) is 8.23. The third kappa shape index (κ3) is 5.76. The zero-order chi connectivity index (χ0) is 12.3. The second kappa shape index (κ2) is 4.37. The van der Waals surface area contributed by atoms with Crippen LogP contribution in [0.5, 0.6) is 0 Å². The molecule has 0 aromatic rings. The SMILES string of the molecule is CC(C)(NC(=O)NCC(F)(F)F)C(N)=O. The van der Waals surface area contributed by atoms with Gasteiger partial charge in [-0.1, -0.05) is 0 Å². The molecule has 15 heavy (non-hydrogen) atoms. The van der Waals surface area contributed by atoms with Crippen molar-refractivity contribution in [1.29, 1.82) is 0 Å². The van der Waals surface area contributed by atoms with Crippen molar-refractivity contribution in [2.24, 2.45) is 5.73 Å². The molecule has 0 saturated carbocycles. The number of carbonyl (C=O) groups is 2. The molecule has 88 valence electrons.